The molecule has 0 radical (unpaired) electrons. The number of aliphatic imine (C=N–C) groups is 1. The van der Waals surface area contributed by atoms with Crippen LogP contribution < -0.4 is 10.6 Å². The fourth-order valence-corrected chi connectivity index (χ4v) is 3.33. The van der Waals surface area contributed by atoms with Gasteiger partial charge in [-0.25, -0.2) is 0 Å². The molecule has 0 spiro atoms. The number of hydrogen-bond donors (Lipinski definition) is 3. The first-order chi connectivity index (χ1) is 11.7. The van der Waals surface area contributed by atoms with Gasteiger partial charge in [0, 0.05) is 31.7 Å². The van der Waals surface area contributed by atoms with Gasteiger partial charge in [0.25, 0.3) is 0 Å². The summed E-state index contributed by atoms with van der Waals surface area (Å²) in [6, 6.07) is 9.13. The molecule has 0 aliphatic heterocycles. The van der Waals surface area contributed by atoms with E-state index >= 15 is 0 Å². The number of nitrogens with one attached hydrogen (secondary N) is 2. The average Bonchev–Trinajstić information content (AvgIpc) is 3.32. The Morgan fingerprint density at radius 1 is 1.29 bits per heavy atom. The Morgan fingerprint density at radius 2 is 2.08 bits per heavy atom. The molecule has 1 aromatic rings. The summed E-state index contributed by atoms with van der Waals surface area (Å²) >= 11 is 0. The van der Waals surface area contributed by atoms with Crippen molar-refractivity contribution in [3.63, 3.8) is 0 Å². The summed E-state index contributed by atoms with van der Waals surface area (Å²) in [5.74, 6) is 1.98. The first-order valence-corrected chi connectivity index (χ1v) is 9.40. The van der Waals surface area contributed by atoms with Gasteiger partial charge in [-0.3, -0.25) is 4.99 Å². The van der Waals surface area contributed by atoms with Crippen LogP contribution in [-0.4, -0.2) is 36.8 Å². The van der Waals surface area contributed by atoms with Crippen LogP contribution in [0.1, 0.15) is 56.6 Å². The number of nitrogens with zero attached hydrogens (tertiary/aromatic N) is 1. The molecule has 0 heterocycles. The molecule has 24 heavy (non-hydrogen) atoms. The zero-order valence-corrected chi connectivity index (χ0v) is 15.4. The topological polar surface area (TPSA) is 56.7 Å². The van der Waals surface area contributed by atoms with Gasteiger partial charge in [-0.05, 0) is 50.2 Å². The molecule has 3 atom stereocenters. The number of aryl methyl sites for hydroxylation is 1. The predicted octanol–water partition coefficient (Wildman–Crippen LogP) is 3.20. The second kappa shape index (κ2) is 9.67. The van der Waals surface area contributed by atoms with Crippen molar-refractivity contribution >= 4 is 5.96 Å². The molecule has 4 heteroatoms. The third-order valence-corrected chi connectivity index (χ3v) is 4.79. The van der Waals surface area contributed by atoms with Crippen molar-refractivity contribution in [3.05, 3.63) is 35.4 Å². The molecule has 2 rings (SSSR count). The second-order valence-corrected chi connectivity index (χ2v) is 6.84. The van der Waals surface area contributed by atoms with Gasteiger partial charge in [0.15, 0.2) is 5.96 Å². The maximum atomic E-state index is 9.19. The number of guanidine groups is 1. The van der Waals surface area contributed by atoms with Gasteiger partial charge in [-0.15, -0.1) is 0 Å². The van der Waals surface area contributed by atoms with Crippen LogP contribution in [0.4, 0.5) is 0 Å². The molecule has 1 aromatic carbocycles. The van der Waals surface area contributed by atoms with E-state index in [-0.39, 0.29) is 6.61 Å². The SMILES string of the molecule is CCCC(CCO)CN=C(NCC)NC1CC1c1ccccc1C. The van der Waals surface area contributed by atoms with Gasteiger partial charge in [-0.1, -0.05) is 37.6 Å². The summed E-state index contributed by atoms with van der Waals surface area (Å²) in [6.07, 6.45) is 4.27. The van der Waals surface area contributed by atoms with E-state index in [2.05, 4.69) is 55.7 Å². The number of hydrogen-bond acceptors (Lipinski definition) is 2. The lowest BCUT2D eigenvalue weighted by Gasteiger charge is -2.15. The van der Waals surface area contributed by atoms with E-state index in [0.29, 0.717) is 17.9 Å². The van der Waals surface area contributed by atoms with E-state index in [1.807, 2.05) is 0 Å². The molecular weight excluding hydrogens is 298 g/mol. The van der Waals surface area contributed by atoms with Crippen LogP contribution in [0, 0.1) is 12.8 Å². The first kappa shape index (κ1) is 18.8. The lowest BCUT2D eigenvalue weighted by atomic mass is 10.0. The largest absolute Gasteiger partial charge is 0.396 e. The zero-order chi connectivity index (χ0) is 17.4. The number of rotatable bonds is 9. The van der Waals surface area contributed by atoms with Crippen molar-refractivity contribution in [2.75, 3.05) is 19.7 Å². The molecule has 1 aliphatic rings. The summed E-state index contributed by atoms with van der Waals surface area (Å²) in [6.45, 7) is 8.38. The zero-order valence-electron chi connectivity index (χ0n) is 15.4. The normalized spacial score (nSPS) is 21.4. The van der Waals surface area contributed by atoms with Crippen LogP contribution in [0.3, 0.4) is 0 Å². The minimum absolute atomic E-state index is 0.252. The highest BCUT2D eigenvalue weighted by atomic mass is 16.3. The minimum atomic E-state index is 0.252. The molecule has 0 bridgehead atoms. The molecule has 0 amide bonds. The Labute approximate surface area is 146 Å². The van der Waals surface area contributed by atoms with Gasteiger partial charge in [0.05, 0.1) is 0 Å². The average molecular weight is 332 g/mol. The van der Waals surface area contributed by atoms with Crippen molar-refractivity contribution in [2.45, 2.75) is 58.4 Å². The molecule has 3 unspecified atom stereocenters. The van der Waals surface area contributed by atoms with E-state index in [9.17, 15) is 5.11 Å². The van der Waals surface area contributed by atoms with Crippen molar-refractivity contribution < 1.29 is 5.11 Å². The summed E-state index contributed by atoms with van der Waals surface area (Å²) in [5, 5.41) is 16.1. The van der Waals surface area contributed by atoms with Crippen LogP contribution in [0.15, 0.2) is 29.3 Å². The smallest absolute Gasteiger partial charge is 0.191 e. The fraction of sp³-hybridized carbons (Fsp3) is 0.650. The van der Waals surface area contributed by atoms with Crippen LogP contribution in [0.2, 0.25) is 0 Å². The third-order valence-electron chi connectivity index (χ3n) is 4.79. The Kier molecular flexibility index (Phi) is 7.57. The maximum Gasteiger partial charge on any atom is 0.191 e. The van der Waals surface area contributed by atoms with Crippen molar-refractivity contribution in [1.82, 2.24) is 10.6 Å². The van der Waals surface area contributed by atoms with Crippen molar-refractivity contribution in [1.29, 1.82) is 0 Å². The monoisotopic (exact) mass is 331 g/mol. The Morgan fingerprint density at radius 3 is 2.75 bits per heavy atom. The van der Waals surface area contributed by atoms with Gasteiger partial charge >= 0.3 is 0 Å². The van der Waals surface area contributed by atoms with Crippen molar-refractivity contribution in [3.8, 4) is 0 Å². The molecular formula is C20H33N3O. The third kappa shape index (κ3) is 5.52. The maximum absolute atomic E-state index is 9.19. The quantitative estimate of drug-likeness (QED) is 0.481. The van der Waals surface area contributed by atoms with E-state index in [1.54, 1.807) is 0 Å². The highest BCUT2D eigenvalue weighted by molar-refractivity contribution is 5.80. The van der Waals surface area contributed by atoms with Crippen LogP contribution in [0.25, 0.3) is 0 Å². The molecule has 1 saturated carbocycles. The van der Waals surface area contributed by atoms with Gasteiger partial charge in [-0.2, -0.15) is 0 Å². The van der Waals surface area contributed by atoms with Crippen LogP contribution >= 0.6 is 0 Å². The number of aliphatic hydroxyl groups excluding tert-OH is 1. The van der Waals surface area contributed by atoms with E-state index in [0.717, 1.165) is 38.3 Å². The Bertz CT molecular complexity index is 523. The van der Waals surface area contributed by atoms with Crippen LogP contribution in [0.5, 0.6) is 0 Å². The molecule has 4 nitrogen and oxygen atoms in total. The van der Waals surface area contributed by atoms with E-state index in [4.69, 9.17) is 4.99 Å². The fourth-order valence-electron chi connectivity index (χ4n) is 3.33. The van der Waals surface area contributed by atoms with Crippen molar-refractivity contribution in [2.24, 2.45) is 10.9 Å². The summed E-state index contributed by atoms with van der Waals surface area (Å²) in [4.78, 5) is 4.77. The molecule has 1 aliphatic carbocycles. The summed E-state index contributed by atoms with van der Waals surface area (Å²) in [7, 11) is 0. The summed E-state index contributed by atoms with van der Waals surface area (Å²) < 4.78 is 0. The molecule has 0 aromatic heterocycles. The first-order valence-electron chi connectivity index (χ1n) is 9.40. The van der Waals surface area contributed by atoms with Gasteiger partial charge in [0.2, 0.25) is 0 Å². The molecule has 1 fully saturated rings. The lowest BCUT2D eigenvalue weighted by Crippen LogP contribution is -2.39. The molecule has 134 valence electrons. The van der Waals surface area contributed by atoms with Gasteiger partial charge < -0.3 is 15.7 Å². The van der Waals surface area contributed by atoms with E-state index < -0.39 is 0 Å². The summed E-state index contributed by atoms with van der Waals surface area (Å²) in [5.41, 5.74) is 2.83. The predicted molar refractivity (Wildman–Crippen MR) is 102 cm³/mol. The lowest BCUT2D eigenvalue weighted by molar-refractivity contribution is 0.253. The Balaban J connectivity index is 1.92. The standard InChI is InChI=1S/C20H33N3O/c1-4-8-16(11-12-24)14-22-20(21-5-2)23-19-13-18(19)17-10-7-6-9-15(17)3/h6-7,9-10,16,18-19,24H,4-5,8,11-14H2,1-3H3,(H2,21,22,23). The van der Waals surface area contributed by atoms with Crippen LogP contribution in [-0.2, 0) is 0 Å². The molecule has 3 N–H and O–H groups in total. The second-order valence-electron chi connectivity index (χ2n) is 6.84. The number of aliphatic hydroxyl groups is 1. The Hall–Kier alpha value is -1.55. The van der Waals surface area contributed by atoms with Gasteiger partial charge in [0.1, 0.15) is 0 Å². The minimum Gasteiger partial charge on any atom is -0.396 e. The molecule has 0 saturated heterocycles. The highest BCUT2D eigenvalue weighted by Crippen LogP contribution is 2.42. The number of benzene rings is 1. The highest BCUT2D eigenvalue weighted by Gasteiger charge is 2.39. The van der Waals surface area contributed by atoms with E-state index in [1.165, 1.54) is 17.5 Å².